The van der Waals surface area contributed by atoms with Crippen LogP contribution in [0.15, 0.2) is 16.9 Å². The Morgan fingerprint density at radius 2 is 2.00 bits per heavy atom. The van der Waals surface area contributed by atoms with E-state index in [1.54, 1.807) is 15.8 Å². The fourth-order valence-electron chi connectivity index (χ4n) is 5.30. The Hall–Kier alpha value is -2.59. The lowest BCUT2D eigenvalue weighted by molar-refractivity contribution is -0.152. The van der Waals surface area contributed by atoms with Crippen molar-refractivity contribution in [3.05, 3.63) is 24.1 Å². The van der Waals surface area contributed by atoms with Crippen LogP contribution in [0.2, 0.25) is 0 Å². The molecular weight excluding hydrogens is 475 g/mol. The monoisotopic (exact) mass is 509 g/mol. The third kappa shape index (κ3) is 4.98. The summed E-state index contributed by atoms with van der Waals surface area (Å²) in [5, 5.41) is 8.30. The van der Waals surface area contributed by atoms with Gasteiger partial charge in [-0.15, -0.1) is 0 Å². The van der Waals surface area contributed by atoms with Crippen LogP contribution in [0.1, 0.15) is 89.4 Å². The molecule has 3 heterocycles. The minimum absolute atomic E-state index is 0.130. The number of rotatable bonds is 7. The van der Waals surface area contributed by atoms with Gasteiger partial charge in [0, 0.05) is 37.4 Å². The van der Waals surface area contributed by atoms with Crippen molar-refractivity contribution in [2.24, 2.45) is 5.92 Å². The number of hydrogen-bond acceptors (Lipinski definition) is 6. The minimum atomic E-state index is -2.98. The van der Waals surface area contributed by atoms with Crippen molar-refractivity contribution in [3.8, 4) is 5.75 Å². The first-order valence-electron chi connectivity index (χ1n) is 12.9. The molecule has 11 heteroatoms. The maximum atomic E-state index is 15.0. The summed E-state index contributed by atoms with van der Waals surface area (Å²) in [4.78, 5) is 19.2. The molecule has 4 atom stereocenters. The average molecular weight is 510 g/mol. The van der Waals surface area contributed by atoms with Crippen molar-refractivity contribution < 1.29 is 27.2 Å². The van der Waals surface area contributed by atoms with E-state index in [1.807, 2.05) is 20.8 Å². The molecule has 2 saturated carbocycles. The highest BCUT2D eigenvalue weighted by atomic mass is 19.3. The molecule has 0 radical (unpaired) electrons. The maximum absolute atomic E-state index is 15.0. The zero-order valence-corrected chi connectivity index (χ0v) is 21.0. The van der Waals surface area contributed by atoms with E-state index in [2.05, 4.69) is 15.2 Å². The summed E-state index contributed by atoms with van der Waals surface area (Å²) in [6, 6.07) is 0.130. The summed E-state index contributed by atoms with van der Waals surface area (Å²) in [5.74, 6) is -3.45. The zero-order valence-electron chi connectivity index (χ0n) is 21.0. The van der Waals surface area contributed by atoms with Gasteiger partial charge in [-0.05, 0) is 46.0 Å². The van der Waals surface area contributed by atoms with Crippen LogP contribution in [0.25, 0.3) is 0 Å². The minimum Gasteiger partial charge on any atom is -0.487 e. The summed E-state index contributed by atoms with van der Waals surface area (Å²) in [6.07, 6.45) is 3.47. The lowest BCUT2D eigenvalue weighted by atomic mass is 9.78. The number of likely N-dealkylation sites (tertiary alicyclic amines) is 1. The Bertz CT molecular complexity index is 1080. The van der Waals surface area contributed by atoms with Crippen LogP contribution in [0.3, 0.4) is 0 Å². The lowest BCUT2D eigenvalue weighted by Gasteiger charge is -2.40. The van der Waals surface area contributed by atoms with Crippen molar-refractivity contribution in [3.63, 3.8) is 0 Å². The number of carbonyl (C=O) groups is 1. The molecule has 0 unspecified atom stereocenters. The van der Waals surface area contributed by atoms with Crippen molar-refractivity contribution in [1.82, 2.24) is 24.8 Å². The van der Waals surface area contributed by atoms with Crippen LogP contribution < -0.4 is 4.74 Å². The van der Waals surface area contributed by atoms with Crippen molar-refractivity contribution in [2.45, 2.75) is 101 Å². The summed E-state index contributed by atoms with van der Waals surface area (Å²) >= 11 is 0. The molecule has 0 bridgehead atoms. The molecule has 1 amide bonds. The second-order valence-corrected chi connectivity index (χ2v) is 11.1. The van der Waals surface area contributed by atoms with Crippen LogP contribution in [0.5, 0.6) is 5.75 Å². The number of aromatic nitrogens is 4. The zero-order chi connectivity index (χ0) is 25.7. The summed E-state index contributed by atoms with van der Waals surface area (Å²) < 4.78 is 56.3. The lowest BCUT2D eigenvalue weighted by Crippen LogP contribution is -2.49. The van der Waals surface area contributed by atoms with Gasteiger partial charge in [-0.1, -0.05) is 12.1 Å². The van der Waals surface area contributed by atoms with Crippen LogP contribution in [0, 0.1) is 5.92 Å². The van der Waals surface area contributed by atoms with E-state index >= 15 is 8.78 Å². The number of ether oxygens (including phenoxy) is 1. The van der Waals surface area contributed by atoms with Gasteiger partial charge in [-0.3, -0.25) is 9.48 Å². The molecule has 2 aliphatic carbocycles. The molecule has 36 heavy (non-hydrogen) atoms. The summed E-state index contributed by atoms with van der Waals surface area (Å²) in [5.41, 5.74) is -0.407. The molecule has 1 aliphatic heterocycles. The third-order valence-electron chi connectivity index (χ3n) is 8.01. The molecule has 0 spiro atoms. The van der Waals surface area contributed by atoms with E-state index in [1.165, 1.54) is 6.20 Å². The van der Waals surface area contributed by atoms with E-state index in [-0.39, 0.29) is 30.7 Å². The number of nitrogens with zero attached hydrogens (tertiary/aromatic N) is 5. The van der Waals surface area contributed by atoms with Crippen molar-refractivity contribution >= 4 is 5.91 Å². The summed E-state index contributed by atoms with van der Waals surface area (Å²) in [6.45, 7) is 6.78. The van der Waals surface area contributed by atoms with Gasteiger partial charge in [0.25, 0.3) is 5.92 Å². The normalized spacial score (nSPS) is 29.4. The van der Waals surface area contributed by atoms with Gasteiger partial charge >= 0.3 is 0 Å². The number of amides is 1. The largest absolute Gasteiger partial charge is 0.487 e. The van der Waals surface area contributed by atoms with E-state index in [4.69, 9.17) is 9.26 Å². The van der Waals surface area contributed by atoms with E-state index < -0.39 is 29.5 Å². The predicted molar refractivity (Wildman–Crippen MR) is 124 cm³/mol. The van der Waals surface area contributed by atoms with Crippen LogP contribution in [-0.4, -0.2) is 62.0 Å². The van der Waals surface area contributed by atoms with Crippen molar-refractivity contribution in [2.75, 3.05) is 13.1 Å². The second kappa shape index (κ2) is 9.37. The van der Waals surface area contributed by atoms with Crippen LogP contribution in [-0.2, 0) is 10.2 Å². The smallest absolute Gasteiger partial charge is 0.254 e. The average Bonchev–Trinajstić information content (AvgIpc) is 3.20. The Kier molecular flexibility index (Phi) is 6.53. The molecule has 1 saturated heterocycles. The first-order chi connectivity index (χ1) is 17.1. The van der Waals surface area contributed by atoms with Gasteiger partial charge in [-0.25, -0.2) is 13.2 Å². The SMILES string of the molecule is CC(C)n1cc(O[C@H]2CCCC(F)(F)[C@@H]2CC(=O)N2CCC(C)(c3noc([C@@H]4C[C@@H]4F)n3)CC2)cn1. The highest BCUT2D eigenvalue weighted by molar-refractivity contribution is 5.76. The highest BCUT2D eigenvalue weighted by Crippen LogP contribution is 2.45. The molecule has 0 aromatic carbocycles. The second-order valence-electron chi connectivity index (χ2n) is 11.1. The van der Waals surface area contributed by atoms with E-state index in [0.29, 0.717) is 62.7 Å². The van der Waals surface area contributed by atoms with Crippen LogP contribution in [0.4, 0.5) is 13.2 Å². The van der Waals surface area contributed by atoms with Gasteiger partial charge < -0.3 is 14.2 Å². The quantitative estimate of drug-likeness (QED) is 0.532. The Labute approximate surface area is 208 Å². The maximum Gasteiger partial charge on any atom is 0.254 e. The molecule has 2 aromatic rings. The number of piperidine rings is 1. The number of carbonyl (C=O) groups excluding carboxylic acids is 1. The van der Waals surface area contributed by atoms with Gasteiger partial charge in [-0.2, -0.15) is 10.1 Å². The Morgan fingerprint density at radius 3 is 2.64 bits per heavy atom. The topological polar surface area (TPSA) is 86.3 Å². The molecule has 3 fully saturated rings. The Balaban J connectivity index is 1.21. The molecule has 198 valence electrons. The standard InChI is InChI=1S/C25H34F3N5O3/c1-15(2)33-14-16(13-29-33)35-20-5-4-6-25(27,28)18(20)12-21(34)32-9-7-24(3,8-10-32)23-30-22(36-31-23)17-11-19(17)26/h13-15,17-20H,4-12H2,1-3H3/t17-,18-,19+,20+/m1/s1. The first-order valence-corrected chi connectivity index (χ1v) is 12.9. The van der Waals surface area contributed by atoms with E-state index in [0.717, 1.165) is 0 Å². The van der Waals surface area contributed by atoms with Crippen LogP contribution >= 0.6 is 0 Å². The predicted octanol–water partition coefficient (Wildman–Crippen LogP) is 4.83. The van der Waals surface area contributed by atoms with Gasteiger partial charge in [0.15, 0.2) is 11.6 Å². The van der Waals surface area contributed by atoms with Crippen molar-refractivity contribution in [1.29, 1.82) is 0 Å². The fourth-order valence-corrected chi connectivity index (χ4v) is 5.30. The number of hydrogen-bond donors (Lipinski definition) is 0. The highest BCUT2D eigenvalue weighted by Gasteiger charge is 2.50. The third-order valence-corrected chi connectivity index (χ3v) is 8.01. The fraction of sp³-hybridized carbons (Fsp3) is 0.760. The number of alkyl halides is 3. The molecular formula is C25H34F3N5O3. The van der Waals surface area contributed by atoms with E-state index in [9.17, 15) is 9.18 Å². The molecule has 5 rings (SSSR count). The molecule has 0 N–H and O–H groups in total. The van der Waals surface area contributed by atoms with Gasteiger partial charge in [0.1, 0.15) is 12.3 Å². The Morgan fingerprint density at radius 1 is 1.28 bits per heavy atom. The number of halogens is 3. The van der Waals surface area contributed by atoms with Gasteiger partial charge in [0.2, 0.25) is 11.8 Å². The molecule has 3 aliphatic rings. The van der Waals surface area contributed by atoms with Gasteiger partial charge in [0.05, 0.1) is 24.2 Å². The molecule has 2 aromatic heterocycles. The molecule has 8 nitrogen and oxygen atoms in total. The first kappa shape index (κ1) is 25.1. The summed E-state index contributed by atoms with van der Waals surface area (Å²) in [7, 11) is 0.